The molecule has 0 spiro atoms. The molecular formula is C24H32N2O2S. The van der Waals surface area contributed by atoms with Crippen LogP contribution in [0.4, 0.5) is 11.4 Å². The van der Waals surface area contributed by atoms with E-state index >= 15 is 0 Å². The van der Waals surface area contributed by atoms with Crippen LogP contribution >= 0.6 is 11.8 Å². The molecule has 4 nitrogen and oxygen atoms in total. The van der Waals surface area contributed by atoms with Crippen LogP contribution in [0.25, 0.3) is 0 Å². The molecule has 0 fully saturated rings. The quantitative estimate of drug-likeness (QED) is 0.544. The van der Waals surface area contributed by atoms with E-state index in [1.165, 1.54) is 11.8 Å². The van der Waals surface area contributed by atoms with Crippen molar-refractivity contribution in [2.24, 2.45) is 5.41 Å². The number of para-hydroxylation sites is 1. The zero-order valence-corrected chi connectivity index (χ0v) is 19.1. The molecule has 2 amide bonds. The lowest BCUT2D eigenvalue weighted by Crippen LogP contribution is -2.23. The fourth-order valence-corrected chi connectivity index (χ4v) is 3.94. The molecule has 0 radical (unpaired) electrons. The van der Waals surface area contributed by atoms with Crippen LogP contribution in [-0.2, 0) is 16.0 Å². The Morgan fingerprint density at radius 1 is 1.07 bits per heavy atom. The predicted molar refractivity (Wildman–Crippen MR) is 124 cm³/mol. The summed E-state index contributed by atoms with van der Waals surface area (Å²) < 4.78 is 0. The molecule has 0 bridgehead atoms. The number of aryl methyl sites for hydroxylation is 2. The Hall–Kier alpha value is -2.27. The zero-order valence-electron chi connectivity index (χ0n) is 18.3. The van der Waals surface area contributed by atoms with E-state index in [9.17, 15) is 9.59 Å². The molecule has 0 heterocycles. The minimum atomic E-state index is -0.264. The highest BCUT2D eigenvalue weighted by molar-refractivity contribution is 8.00. The first-order valence-corrected chi connectivity index (χ1v) is 10.9. The number of hydrogen-bond donors (Lipinski definition) is 2. The number of thioether (sulfide) groups is 1. The van der Waals surface area contributed by atoms with Gasteiger partial charge in [0.1, 0.15) is 0 Å². The molecule has 0 aliphatic rings. The van der Waals surface area contributed by atoms with Gasteiger partial charge in [0, 0.05) is 22.7 Å². The predicted octanol–water partition coefficient (Wildman–Crippen LogP) is 6.05. The smallest absolute Gasteiger partial charge is 0.237 e. The number of amides is 2. The van der Waals surface area contributed by atoms with E-state index in [2.05, 4.69) is 17.6 Å². The molecule has 156 valence electrons. The molecule has 1 atom stereocenters. The minimum absolute atomic E-state index is 0.00270. The standard InChI is InChI=1S/C24H32N2O2S/c1-7-18-11-8-10-16(2)22(18)26-23(28)17(3)29-20-13-9-12-19(14-20)25-21(27)15-24(4,5)6/h8-14,17H,7,15H2,1-6H3,(H,25,27)(H,26,28). The molecule has 0 saturated heterocycles. The third-order valence-electron chi connectivity index (χ3n) is 4.48. The van der Waals surface area contributed by atoms with E-state index in [0.717, 1.165) is 33.8 Å². The molecule has 2 N–H and O–H groups in total. The number of nitrogens with one attached hydrogen (secondary N) is 2. The highest BCUT2D eigenvalue weighted by Gasteiger charge is 2.18. The van der Waals surface area contributed by atoms with Gasteiger partial charge in [0.2, 0.25) is 11.8 Å². The van der Waals surface area contributed by atoms with Crippen molar-refractivity contribution in [3.05, 3.63) is 53.6 Å². The maximum Gasteiger partial charge on any atom is 0.237 e. The van der Waals surface area contributed by atoms with Gasteiger partial charge in [-0.3, -0.25) is 9.59 Å². The summed E-state index contributed by atoms with van der Waals surface area (Å²) in [5, 5.41) is 5.78. The summed E-state index contributed by atoms with van der Waals surface area (Å²) in [6.45, 7) is 12.1. The molecule has 1 unspecified atom stereocenters. The summed E-state index contributed by atoms with van der Waals surface area (Å²) in [6.07, 6.45) is 1.33. The second-order valence-corrected chi connectivity index (χ2v) is 9.94. The topological polar surface area (TPSA) is 58.2 Å². The number of anilines is 2. The van der Waals surface area contributed by atoms with Crippen molar-refractivity contribution in [2.45, 2.75) is 64.5 Å². The molecule has 29 heavy (non-hydrogen) atoms. The van der Waals surface area contributed by atoms with E-state index in [1.807, 2.05) is 77.1 Å². The number of carbonyl (C=O) groups excluding carboxylic acids is 2. The maximum atomic E-state index is 12.8. The van der Waals surface area contributed by atoms with Crippen LogP contribution in [0.5, 0.6) is 0 Å². The molecule has 0 aliphatic carbocycles. The summed E-state index contributed by atoms with van der Waals surface area (Å²) in [5.41, 5.74) is 3.81. The number of rotatable bonds is 7. The van der Waals surface area contributed by atoms with Crippen LogP contribution in [0.3, 0.4) is 0 Å². The average Bonchev–Trinajstić information content (AvgIpc) is 2.61. The average molecular weight is 413 g/mol. The van der Waals surface area contributed by atoms with Gasteiger partial charge in [0.25, 0.3) is 0 Å². The Kier molecular flexibility index (Phi) is 7.91. The lowest BCUT2D eigenvalue weighted by molar-refractivity contribution is -0.118. The Morgan fingerprint density at radius 2 is 1.76 bits per heavy atom. The Bertz CT molecular complexity index is 871. The van der Waals surface area contributed by atoms with Crippen LogP contribution < -0.4 is 10.6 Å². The Balaban J connectivity index is 2.03. The molecule has 0 saturated carbocycles. The Morgan fingerprint density at radius 3 is 2.41 bits per heavy atom. The van der Waals surface area contributed by atoms with Crippen molar-refractivity contribution in [3.63, 3.8) is 0 Å². The normalized spacial score (nSPS) is 12.3. The van der Waals surface area contributed by atoms with Gasteiger partial charge in [-0.05, 0) is 55.0 Å². The number of benzene rings is 2. The van der Waals surface area contributed by atoms with Gasteiger partial charge in [0.05, 0.1) is 5.25 Å². The van der Waals surface area contributed by atoms with Crippen molar-refractivity contribution in [1.29, 1.82) is 0 Å². The third-order valence-corrected chi connectivity index (χ3v) is 5.57. The summed E-state index contributed by atoms with van der Waals surface area (Å²) in [4.78, 5) is 25.9. The van der Waals surface area contributed by atoms with Gasteiger partial charge in [-0.2, -0.15) is 0 Å². The van der Waals surface area contributed by atoms with E-state index in [4.69, 9.17) is 0 Å². The first-order chi connectivity index (χ1) is 13.6. The van der Waals surface area contributed by atoms with Crippen molar-refractivity contribution in [1.82, 2.24) is 0 Å². The number of carbonyl (C=O) groups is 2. The second kappa shape index (κ2) is 9.97. The largest absolute Gasteiger partial charge is 0.326 e. The summed E-state index contributed by atoms with van der Waals surface area (Å²) in [5.74, 6) is -0.0294. The van der Waals surface area contributed by atoms with Gasteiger partial charge in [-0.15, -0.1) is 11.8 Å². The van der Waals surface area contributed by atoms with Crippen LogP contribution in [-0.4, -0.2) is 17.1 Å². The maximum absolute atomic E-state index is 12.8. The van der Waals surface area contributed by atoms with E-state index < -0.39 is 0 Å². The van der Waals surface area contributed by atoms with E-state index in [-0.39, 0.29) is 22.5 Å². The van der Waals surface area contributed by atoms with Gasteiger partial charge in [-0.25, -0.2) is 0 Å². The monoisotopic (exact) mass is 412 g/mol. The van der Waals surface area contributed by atoms with Crippen LogP contribution in [0.1, 0.15) is 52.2 Å². The lowest BCUT2D eigenvalue weighted by Gasteiger charge is -2.18. The fourth-order valence-electron chi connectivity index (χ4n) is 3.02. The van der Waals surface area contributed by atoms with Gasteiger partial charge >= 0.3 is 0 Å². The van der Waals surface area contributed by atoms with Crippen LogP contribution in [0.2, 0.25) is 0 Å². The third kappa shape index (κ3) is 7.24. The van der Waals surface area contributed by atoms with Crippen molar-refractivity contribution in [2.75, 3.05) is 10.6 Å². The van der Waals surface area contributed by atoms with Crippen molar-refractivity contribution < 1.29 is 9.59 Å². The fraction of sp³-hybridized carbons (Fsp3) is 0.417. The van der Waals surface area contributed by atoms with Crippen LogP contribution in [0.15, 0.2) is 47.4 Å². The second-order valence-electron chi connectivity index (χ2n) is 8.53. The van der Waals surface area contributed by atoms with Gasteiger partial charge < -0.3 is 10.6 Å². The Labute approximate surface area is 178 Å². The molecule has 2 aromatic rings. The summed E-state index contributed by atoms with van der Waals surface area (Å²) in [7, 11) is 0. The summed E-state index contributed by atoms with van der Waals surface area (Å²) in [6, 6.07) is 13.7. The highest BCUT2D eigenvalue weighted by Crippen LogP contribution is 2.28. The molecule has 5 heteroatoms. The van der Waals surface area contributed by atoms with E-state index in [1.54, 1.807) is 0 Å². The first-order valence-electron chi connectivity index (χ1n) is 10.0. The van der Waals surface area contributed by atoms with Crippen molar-refractivity contribution in [3.8, 4) is 0 Å². The first kappa shape index (κ1) is 23.0. The summed E-state index contributed by atoms with van der Waals surface area (Å²) >= 11 is 1.48. The molecule has 2 aromatic carbocycles. The molecule has 0 aromatic heterocycles. The van der Waals surface area contributed by atoms with Gasteiger partial charge in [-0.1, -0.05) is 52.0 Å². The lowest BCUT2D eigenvalue weighted by atomic mass is 9.92. The van der Waals surface area contributed by atoms with Gasteiger partial charge in [0.15, 0.2) is 0 Å². The molecule has 2 rings (SSSR count). The minimum Gasteiger partial charge on any atom is -0.326 e. The van der Waals surface area contributed by atoms with Crippen LogP contribution in [0, 0.1) is 12.3 Å². The highest BCUT2D eigenvalue weighted by atomic mass is 32.2. The van der Waals surface area contributed by atoms with E-state index in [0.29, 0.717) is 6.42 Å². The zero-order chi connectivity index (χ0) is 21.6. The number of hydrogen-bond acceptors (Lipinski definition) is 3. The molecular weight excluding hydrogens is 380 g/mol. The molecule has 0 aliphatic heterocycles. The van der Waals surface area contributed by atoms with Crippen molar-refractivity contribution >= 4 is 35.0 Å². The SMILES string of the molecule is CCc1cccc(C)c1NC(=O)C(C)Sc1cccc(NC(=O)CC(C)(C)C)c1.